The van der Waals surface area contributed by atoms with E-state index in [0.29, 0.717) is 18.5 Å². The molecule has 1 saturated carbocycles. The molecule has 0 saturated heterocycles. The van der Waals surface area contributed by atoms with Gasteiger partial charge in [0.05, 0.1) is 0 Å². The van der Waals surface area contributed by atoms with E-state index in [4.69, 9.17) is 5.11 Å². The lowest BCUT2D eigenvalue weighted by Gasteiger charge is -2.25. The zero-order valence-electron chi connectivity index (χ0n) is 14.3. The van der Waals surface area contributed by atoms with Crippen molar-refractivity contribution in [3.05, 3.63) is 41.5 Å². The van der Waals surface area contributed by atoms with Crippen LogP contribution in [0.25, 0.3) is 6.08 Å². The Balaban J connectivity index is 1.84. The number of nitrogens with one attached hydrogen (secondary N) is 2. The highest BCUT2D eigenvalue weighted by Gasteiger charge is 2.39. The number of hydrogen-bond acceptors (Lipinski definition) is 2. The minimum absolute atomic E-state index is 0.0823. The quantitative estimate of drug-likeness (QED) is 0.684. The zero-order valence-corrected chi connectivity index (χ0v) is 14.3. The molecule has 0 aromatic heterocycles. The Morgan fingerprint density at radius 3 is 2.61 bits per heavy atom. The van der Waals surface area contributed by atoms with E-state index in [0.717, 1.165) is 13.0 Å². The number of benzene rings is 1. The fraction of sp³-hybridized carbons (Fsp3) is 0.526. The molecule has 1 aromatic rings. The number of carboxylic acid groups (broad SMARTS) is 1. The Morgan fingerprint density at radius 1 is 1.30 bits per heavy atom. The van der Waals surface area contributed by atoms with Crippen molar-refractivity contribution in [2.75, 3.05) is 13.1 Å². The molecule has 0 radical (unpaired) electrons. The van der Waals surface area contributed by atoms with Gasteiger partial charge in [-0.1, -0.05) is 62.8 Å². The molecule has 0 spiro atoms. The molecule has 2 unspecified atom stereocenters. The fourth-order valence-electron chi connectivity index (χ4n) is 2.85. The first kappa shape index (κ1) is 17.5. The highest BCUT2D eigenvalue weighted by molar-refractivity contribution is 5.64. The van der Waals surface area contributed by atoms with Gasteiger partial charge >= 0.3 is 6.09 Å². The van der Waals surface area contributed by atoms with Crippen LogP contribution >= 0.6 is 0 Å². The summed E-state index contributed by atoms with van der Waals surface area (Å²) in [5, 5.41) is 14.8. The lowest BCUT2D eigenvalue weighted by Crippen LogP contribution is -2.40. The molecular weight excluding hydrogens is 288 g/mol. The van der Waals surface area contributed by atoms with Gasteiger partial charge in [-0.3, -0.25) is 0 Å². The minimum atomic E-state index is -0.957. The summed E-state index contributed by atoms with van der Waals surface area (Å²) in [7, 11) is 0. The summed E-state index contributed by atoms with van der Waals surface area (Å²) in [4.78, 5) is 10.6. The van der Waals surface area contributed by atoms with Crippen molar-refractivity contribution < 1.29 is 9.90 Å². The summed E-state index contributed by atoms with van der Waals surface area (Å²) in [6.45, 7) is 7.65. The van der Waals surface area contributed by atoms with Gasteiger partial charge in [0.1, 0.15) is 0 Å². The fourth-order valence-corrected chi connectivity index (χ4v) is 2.85. The second-order valence-corrected chi connectivity index (χ2v) is 7.14. The SMILES string of the molecule is CC/C(=C\c1ccccc1)C1CC1NCC(C)(C)CNC(=O)O. The van der Waals surface area contributed by atoms with Crippen molar-refractivity contribution in [1.82, 2.24) is 10.6 Å². The van der Waals surface area contributed by atoms with Crippen molar-refractivity contribution in [2.45, 2.75) is 39.7 Å². The predicted molar refractivity (Wildman–Crippen MR) is 94.4 cm³/mol. The maximum Gasteiger partial charge on any atom is 0.404 e. The third kappa shape index (κ3) is 5.71. The molecule has 126 valence electrons. The van der Waals surface area contributed by atoms with Crippen LogP contribution in [0.15, 0.2) is 35.9 Å². The molecule has 4 heteroatoms. The Morgan fingerprint density at radius 2 is 2.00 bits per heavy atom. The second-order valence-electron chi connectivity index (χ2n) is 7.14. The normalized spacial score (nSPS) is 21.1. The molecule has 1 aromatic carbocycles. The molecule has 1 fully saturated rings. The van der Waals surface area contributed by atoms with E-state index < -0.39 is 6.09 Å². The molecule has 1 aliphatic carbocycles. The van der Waals surface area contributed by atoms with Crippen LogP contribution in [0.3, 0.4) is 0 Å². The number of hydrogen-bond donors (Lipinski definition) is 3. The minimum Gasteiger partial charge on any atom is -0.465 e. The first-order valence-electron chi connectivity index (χ1n) is 8.37. The molecule has 1 aliphatic rings. The molecule has 0 heterocycles. The Labute approximate surface area is 139 Å². The smallest absolute Gasteiger partial charge is 0.404 e. The summed E-state index contributed by atoms with van der Waals surface area (Å²) >= 11 is 0. The number of carbonyl (C=O) groups is 1. The van der Waals surface area contributed by atoms with Gasteiger partial charge in [0, 0.05) is 19.1 Å². The Kier molecular flexibility index (Phi) is 5.83. The van der Waals surface area contributed by atoms with Crippen LogP contribution in [0.2, 0.25) is 0 Å². The van der Waals surface area contributed by atoms with Crippen molar-refractivity contribution in [1.29, 1.82) is 0 Å². The summed E-state index contributed by atoms with van der Waals surface area (Å²) in [5.74, 6) is 0.614. The van der Waals surface area contributed by atoms with E-state index in [1.165, 1.54) is 17.6 Å². The third-order valence-corrected chi connectivity index (χ3v) is 4.39. The van der Waals surface area contributed by atoms with Gasteiger partial charge in [0.2, 0.25) is 0 Å². The summed E-state index contributed by atoms with van der Waals surface area (Å²) in [6, 6.07) is 11.0. The average Bonchev–Trinajstić information content (AvgIpc) is 3.29. The molecule has 4 nitrogen and oxygen atoms in total. The predicted octanol–water partition coefficient (Wildman–Crippen LogP) is 3.75. The monoisotopic (exact) mass is 316 g/mol. The van der Waals surface area contributed by atoms with E-state index >= 15 is 0 Å². The van der Waals surface area contributed by atoms with Gasteiger partial charge in [-0.25, -0.2) is 4.79 Å². The average molecular weight is 316 g/mol. The summed E-state index contributed by atoms with van der Waals surface area (Å²) < 4.78 is 0. The topological polar surface area (TPSA) is 61.4 Å². The van der Waals surface area contributed by atoms with E-state index in [2.05, 4.69) is 61.7 Å². The molecular formula is C19H28N2O2. The van der Waals surface area contributed by atoms with Crippen LogP contribution in [0.5, 0.6) is 0 Å². The molecule has 0 bridgehead atoms. The number of rotatable bonds is 8. The van der Waals surface area contributed by atoms with E-state index in [-0.39, 0.29) is 5.41 Å². The van der Waals surface area contributed by atoms with Crippen LogP contribution in [-0.2, 0) is 0 Å². The number of amides is 1. The second kappa shape index (κ2) is 7.64. The van der Waals surface area contributed by atoms with Crippen molar-refractivity contribution in [2.24, 2.45) is 11.3 Å². The van der Waals surface area contributed by atoms with Gasteiger partial charge in [-0.15, -0.1) is 0 Å². The molecule has 2 atom stereocenters. The van der Waals surface area contributed by atoms with Gasteiger partial charge in [-0.2, -0.15) is 0 Å². The first-order chi connectivity index (χ1) is 10.9. The van der Waals surface area contributed by atoms with Crippen LogP contribution < -0.4 is 10.6 Å². The van der Waals surface area contributed by atoms with Gasteiger partial charge in [-0.05, 0) is 29.7 Å². The summed E-state index contributed by atoms with van der Waals surface area (Å²) in [6.07, 6.45) is 3.60. The van der Waals surface area contributed by atoms with Crippen LogP contribution in [0.1, 0.15) is 39.2 Å². The largest absolute Gasteiger partial charge is 0.465 e. The third-order valence-electron chi connectivity index (χ3n) is 4.39. The molecule has 1 amide bonds. The summed E-state index contributed by atoms with van der Waals surface area (Å²) in [5.41, 5.74) is 2.68. The van der Waals surface area contributed by atoms with E-state index in [9.17, 15) is 4.79 Å². The Hall–Kier alpha value is -1.81. The van der Waals surface area contributed by atoms with Crippen molar-refractivity contribution in [3.63, 3.8) is 0 Å². The van der Waals surface area contributed by atoms with E-state index in [1.807, 2.05) is 6.07 Å². The standard InChI is InChI=1S/C19H28N2O2/c1-4-15(10-14-8-6-5-7-9-14)16-11-17(16)20-12-19(2,3)13-21-18(22)23/h5-10,16-17,20-21H,4,11-13H2,1-3H3,(H,22,23)/b15-10+. The maximum absolute atomic E-state index is 10.6. The molecule has 0 aliphatic heterocycles. The van der Waals surface area contributed by atoms with Gasteiger partial charge in [0.15, 0.2) is 0 Å². The lowest BCUT2D eigenvalue weighted by molar-refractivity contribution is 0.187. The van der Waals surface area contributed by atoms with Crippen LogP contribution in [0.4, 0.5) is 4.79 Å². The van der Waals surface area contributed by atoms with E-state index in [1.54, 1.807) is 0 Å². The molecule has 2 rings (SSSR count). The molecule has 23 heavy (non-hydrogen) atoms. The van der Waals surface area contributed by atoms with Crippen molar-refractivity contribution in [3.8, 4) is 0 Å². The molecule has 3 N–H and O–H groups in total. The highest BCUT2D eigenvalue weighted by atomic mass is 16.4. The van der Waals surface area contributed by atoms with Crippen molar-refractivity contribution >= 4 is 12.2 Å². The highest BCUT2D eigenvalue weighted by Crippen LogP contribution is 2.40. The van der Waals surface area contributed by atoms with Gasteiger partial charge < -0.3 is 15.7 Å². The van der Waals surface area contributed by atoms with Gasteiger partial charge in [0.25, 0.3) is 0 Å². The first-order valence-corrected chi connectivity index (χ1v) is 8.37. The van der Waals surface area contributed by atoms with Crippen LogP contribution in [0, 0.1) is 11.3 Å². The lowest BCUT2D eigenvalue weighted by atomic mass is 9.93. The van der Waals surface area contributed by atoms with Crippen LogP contribution in [-0.4, -0.2) is 30.3 Å². The zero-order chi connectivity index (χ0) is 16.9. The Bertz CT molecular complexity index is 552. The maximum atomic E-state index is 10.6.